The van der Waals surface area contributed by atoms with Crippen molar-refractivity contribution in [3.8, 4) is 6.07 Å². The Bertz CT molecular complexity index is 1010. The molecule has 3 rings (SSSR count). The first-order chi connectivity index (χ1) is 16.3. The molecule has 2 unspecified atom stereocenters. The molecule has 1 saturated heterocycles. The molecule has 192 valence electrons. The second-order valence-corrected chi connectivity index (χ2v) is 9.61. The first kappa shape index (κ1) is 26.3. The molecule has 0 radical (unpaired) electrons. The minimum atomic E-state index is -4.57. The van der Waals surface area contributed by atoms with Gasteiger partial charge in [-0.3, -0.25) is 9.59 Å². The normalized spacial score (nSPS) is 19.1. The van der Waals surface area contributed by atoms with Crippen molar-refractivity contribution in [1.82, 2.24) is 24.7 Å². The molecule has 3 heterocycles. The summed E-state index contributed by atoms with van der Waals surface area (Å²) in [5.74, 6) is -0.725. The smallest absolute Gasteiger partial charge is 0.434 e. The Labute approximate surface area is 201 Å². The van der Waals surface area contributed by atoms with E-state index in [1.807, 2.05) is 0 Å². The standard InChI is InChI=1S/C22H29F3N6O4/c1-21(2,3)35-20(34)27-15(19(33)31-8-4-5-14(31)11-26)6-7-18(32)30-10-9-29-12-16(22(23,24)25)28-17(29)13-30/h12,14-15H,4-10,13H2,1-3H3,(H,27,34). The maximum Gasteiger partial charge on any atom is 0.434 e. The summed E-state index contributed by atoms with van der Waals surface area (Å²) in [5.41, 5.74) is -1.81. The largest absolute Gasteiger partial charge is 0.444 e. The van der Waals surface area contributed by atoms with Gasteiger partial charge in [-0.1, -0.05) is 0 Å². The predicted octanol–water partition coefficient (Wildman–Crippen LogP) is 2.43. The fourth-order valence-electron chi connectivity index (χ4n) is 4.10. The van der Waals surface area contributed by atoms with Crippen molar-refractivity contribution in [2.24, 2.45) is 0 Å². The third-order valence-corrected chi connectivity index (χ3v) is 5.77. The van der Waals surface area contributed by atoms with Gasteiger partial charge in [0.05, 0.1) is 12.6 Å². The molecule has 1 aromatic heterocycles. The number of alkyl halides is 3. The highest BCUT2D eigenvalue weighted by Crippen LogP contribution is 2.29. The zero-order valence-corrected chi connectivity index (χ0v) is 19.9. The van der Waals surface area contributed by atoms with Crippen LogP contribution < -0.4 is 5.32 Å². The Kier molecular flexibility index (Phi) is 7.62. The van der Waals surface area contributed by atoms with Crippen LogP contribution in [0.2, 0.25) is 0 Å². The number of imidazole rings is 1. The number of likely N-dealkylation sites (tertiary alicyclic amines) is 1. The molecule has 10 nitrogen and oxygen atoms in total. The molecule has 13 heteroatoms. The minimum absolute atomic E-state index is 0.0513. The van der Waals surface area contributed by atoms with Gasteiger partial charge in [-0.15, -0.1) is 0 Å². The van der Waals surface area contributed by atoms with Gasteiger partial charge < -0.3 is 24.4 Å². The lowest BCUT2D eigenvalue weighted by molar-refractivity contribution is -0.141. The molecule has 0 spiro atoms. The number of amides is 3. The number of nitriles is 1. The first-order valence-electron chi connectivity index (χ1n) is 11.4. The number of halogens is 3. The lowest BCUT2D eigenvalue weighted by Gasteiger charge is -2.30. The molecule has 1 fully saturated rings. The number of alkyl carbamates (subject to hydrolysis) is 1. The fourth-order valence-corrected chi connectivity index (χ4v) is 4.10. The fraction of sp³-hybridized carbons (Fsp3) is 0.682. The topological polar surface area (TPSA) is 121 Å². The van der Waals surface area contributed by atoms with Crippen LogP contribution in [0.1, 0.15) is 58.0 Å². The van der Waals surface area contributed by atoms with Gasteiger partial charge >= 0.3 is 12.3 Å². The highest BCUT2D eigenvalue weighted by Gasteiger charge is 2.37. The van der Waals surface area contributed by atoms with E-state index in [-0.39, 0.29) is 44.2 Å². The van der Waals surface area contributed by atoms with Crippen molar-refractivity contribution in [2.45, 2.75) is 83.4 Å². The third kappa shape index (κ3) is 6.64. The highest BCUT2D eigenvalue weighted by atomic mass is 19.4. The number of fused-ring (bicyclic) bond motifs is 1. The van der Waals surface area contributed by atoms with E-state index >= 15 is 0 Å². The van der Waals surface area contributed by atoms with E-state index in [0.29, 0.717) is 19.4 Å². The third-order valence-electron chi connectivity index (χ3n) is 5.77. The Morgan fingerprint density at radius 2 is 1.97 bits per heavy atom. The summed E-state index contributed by atoms with van der Waals surface area (Å²) in [7, 11) is 0. The van der Waals surface area contributed by atoms with Crippen molar-refractivity contribution < 1.29 is 32.3 Å². The van der Waals surface area contributed by atoms with Crippen molar-refractivity contribution in [2.75, 3.05) is 13.1 Å². The average Bonchev–Trinajstić information content (AvgIpc) is 3.40. The van der Waals surface area contributed by atoms with Crippen molar-refractivity contribution in [3.05, 3.63) is 17.7 Å². The van der Waals surface area contributed by atoms with Crippen LogP contribution >= 0.6 is 0 Å². The average molecular weight is 499 g/mol. The maximum atomic E-state index is 13.1. The molecule has 0 aromatic carbocycles. The summed E-state index contributed by atoms with van der Waals surface area (Å²) in [6.45, 7) is 5.65. The zero-order valence-electron chi connectivity index (χ0n) is 19.9. The Morgan fingerprint density at radius 3 is 2.60 bits per heavy atom. The molecule has 0 saturated carbocycles. The summed E-state index contributed by atoms with van der Waals surface area (Å²) < 4.78 is 45.5. The summed E-state index contributed by atoms with van der Waals surface area (Å²) in [6, 6.07) is 0.379. The number of aromatic nitrogens is 2. The second-order valence-electron chi connectivity index (χ2n) is 9.61. The van der Waals surface area contributed by atoms with Crippen molar-refractivity contribution in [3.63, 3.8) is 0 Å². The number of hydrogen-bond donors (Lipinski definition) is 1. The number of carbonyl (C=O) groups excluding carboxylic acids is 3. The van der Waals surface area contributed by atoms with Crippen LogP contribution in [0.5, 0.6) is 0 Å². The number of hydrogen-bond acceptors (Lipinski definition) is 6. The van der Waals surface area contributed by atoms with E-state index in [9.17, 15) is 32.8 Å². The summed E-state index contributed by atoms with van der Waals surface area (Å²) >= 11 is 0. The Morgan fingerprint density at radius 1 is 1.26 bits per heavy atom. The van der Waals surface area contributed by atoms with Crippen LogP contribution in [0.15, 0.2) is 6.20 Å². The van der Waals surface area contributed by atoms with Crippen LogP contribution in [-0.2, 0) is 33.6 Å². The molecule has 2 atom stereocenters. The van der Waals surface area contributed by atoms with Gasteiger partial charge in [-0.25, -0.2) is 9.78 Å². The maximum absolute atomic E-state index is 13.1. The SMILES string of the molecule is CC(C)(C)OC(=O)NC(CCC(=O)N1CCn2cc(C(F)(F)F)nc2C1)C(=O)N1CCCC1C#N. The van der Waals surface area contributed by atoms with Crippen LogP contribution in [-0.4, -0.2) is 68.0 Å². The van der Waals surface area contributed by atoms with E-state index in [2.05, 4.69) is 16.4 Å². The molecule has 2 aliphatic rings. The van der Waals surface area contributed by atoms with E-state index in [1.165, 1.54) is 14.4 Å². The lowest BCUT2D eigenvalue weighted by Crippen LogP contribution is -2.51. The van der Waals surface area contributed by atoms with Gasteiger partial charge in [-0.05, 0) is 40.0 Å². The Hall–Kier alpha value is -3.30. The van der Waals surface area contributed by atoms with E-state index in [0.717, 1.165) is 6.20 Å². The molecular formula is C22H29F3N6O4. The van der Waals surface area contributed by atoms with E-state index < -0.39 is 41.6 Å². The van der Waals surface area contributed by atoms with Crippen molar-refractivity contribution >= 4 is 17.9 Å². The highest BCUT2D eigenvalue weighted by molar-refractivity contribution is 5.87. The van der Waals surface area contributed by atoms with Gasteiger partial charge in [0.25, 0.3) is 0 Å². The molecule has 1 aromatic rings. The zero-order chi connectivity index (χ0) is 26.0. The van der Waals surface area contributed by atoms with Gasteiger partial charge in [-0.2, -0.15) is 18.4 Å². The van der Waals surface area contributed by atoms with E-state index in [4.69, 9.17) is 4.74 Å². The molecule has 2 aliphatic heterocycles. The monoisotopic (exact) mass is 498 g/mol. The van der Waals surface area contributed by atoms with Crippen LogP contribution in [0, 0.1) is 11.3 Å². The predicted molar refractivity (Wildman–Crippen MR) is 115 cm³/mol. The second kappa shape index (κ2) is 10.1. The quantitative estimate of drug-likeness (QED) is 0.666. The van der Waals surface area contributed by atoms with Crippen molar-refractivity contribution in [1.29, 1.82) is 5.26 Å². The molecule has 35 heavy (non-hydrogen) atoms. The summed E-state index contributed by atoms with van der Waals surface area (Å²) in [5, 5.41) is 11.8. The summed E-state index contributed by atoms with van der Waals surface area (Å²) in [4.78, 5) is 44.7. The Balaban J connectivity index is 1.66. The first-order valence-corrected chi connectivity index (χ1v) is 11.4. The van der Waals surface area contributed by atoms with Crippen LogP contribution in [0.3, 0.4) is 0 Å². The lowest BCUT2D eigenvalue weighted by atomic mass is 10.1. The number of nitrogens with one attached hydrogen (secondary N) is 1. The van der Waals surface area contributed by atoms with Gasteiger partial charge in [0.15, 0.2) is 5.69 Å². The minimum Gasteiger partial charge on any atom is -0.444 e. The summed E-state index contributed by atoms with van der Waals surface area (Å²) in [6.07, 6.45) is -3.47. The number of nitrogens with zero attached hydrogens (tertiary/aromatic N) is 5. The number of carbonyl (C=O) groups is 3. The molecular weight excluding hydrogens is 469 g/mol. The number of ether oxygens (including phenoxy) is 1. The molecule has 1 N–H and O–H groups in total. The molecule has 0 bridgehead atoms. The molecule has 3 amide bonds. The van der Waals surface area contributed by atoms with Crippen LogP contribution in [0.25, 0.3) is 0 Å². The molecule has 0 aliphatic carbocycles. The number of rotatable bonds is 5. The van der Waals surface area contributed by atoms with Gasteiger partial charge in [0.2, 0.25) is 11.8 Å². The van der Waals surface area contributed by atoms with E-state index in [1.54, 1.807) is 20.8 Å². The van der Waals surface area contributed by atoms with Gasteiger partial charge in [0.1, 0.15) is 23.5 Å². The van der Waals surface area contributed by atoms with Gasteiger partial charge in [0, 0.05) is 32.3 Å². The van der Waals surface area contributed by atoms with Crippen LogP contribution in [0.4, 0.5) is 18.0 Å².